The number of anilines is 1. The van der Waals surface area contributed by atoms with E-state index in [-0.39, 0.29) is 38.8 Å². The minimum absolute atomic E-state index is 0.0155. The summed E-state index contributed by atoms with van der Waals surface area (Å²) in [5.41, 5.74) is -0.0155. The Hall–Kier alpha value is -1.99. The van der Waals surface area contributed by atoms with E-state index in [4.69, 9.17) is 4.74 Å². The van der Waals surface area contributed by atoms with E-state index in [1.165, 1.54) is 21.3 Å². The second-order valence-corrected chi connectivity index (χ2v) is 12.4. The van der Waals surface area contributed by atoms with Crippen molar-refractivity contribution in [2.75, 3.05) is 24.6 Å². The number of amides is 1. The van der Waals surface area contributed by atoms with Gasteiger partial charge in [0.05, 0.1) is 17.3 Å². The Morgan fingerprint density at radius 1 is 1.24 bits per heavy atom. The van der Waals surface area contributed by atoms with Crippen LogP contribution in [-0.4, -0.2) is 55.5 Å². The Balaban J connectivity index is 1.52. The highest BCUT2D eigenvalue weighted by Crippen LogP contribution is 2.35. The lowest BCUT2D eigenvalue weighted by molar-refractivity contribution is -0.123. The van der Waals surface area contributed by atoms with E-state index >= 15 is 0 Å². The molecule has 182 valence electrons. The molecule has 1 aromatic carbocycles. The predicted molar refractivity (Wildman–Crippen MR) is 127 cm³/mol. The molecule has 2 aliphatic heterocycles. The maximum absolute atomic E-state index is 14.3. The number of thiophene rings is 1. The van der Waals surface area contributed by atoms with Crippen molar-refractivity contribution in [3.8, 4) is 0 Å². The normalized spacial score (nSPS) is 21.8. The lowest BCUT2D eigenvalue weighted by Crippen LogP contribution is -2.54. The van der Waals surface area contributed by atoms with E-state index in [2.05, 4.69) is 4.98 Å². The minimum Gasteiger partial charge on any atom is -0.376 e. The minimum atomic E-state index is -3.85. The number of carbonyl (C=O) groups is 1. The number of aromatic nitrogens is 1. The molecule has 2 aromatic heterocycles. The molecular weight excluding hydrogens is 504 g/mol. The highest BCUT2D eigenvalue weighted by Gasteiger charge is 2.41. The van der Waals surface area contributed by atoms with Crippen LogP contribution >= 0.6 is 22.7 Å². The van der Waals surface area contributed by atoms with Crippen molar-refractivity contribution >= 4 is 54.0 Å². The van der Waals surface area contributed by atoms with Crippen LogP contribution in [0.25, 0.3) is 10.2 Å². The van der Waals surface area contributed by atoms with Gasteiger partial charge in [-0.25, -0.2) is 22.2 Å². The summed E-state index contributed by atoms with van der Waals surface area (Å²) in [6, 6.07) is 4.23. The first-order chi connectivity index (χ1) is 16.3. The van der Waals surface area contributed by atoms with Crippen LogP contribution in [0.1, 0.15) is 32.1 Å². The predicted octanol–water partition coefficient (Wildman–Crippen LogP) is 4.39. The molecule has 4 heterocycles. The van der Waals surface area contributed by atoms with Gasteiger partial charge in [0.25, 0.3) is 10.0 Å². The first-order valence-electron chi connectivity index (χ1n) is 11.1. The fraction of sp³-hybridized carbons (Fsp3) is 0.455. The molecule has 0 spiro atoms. The van der Waals surface area contributed by atoms with E-state index in [0.717, 1.165) is 41.6 Å². The van der Waals surface area contributed by atoms with Crippen molar-refractivity contribution in [1.82, 2.24) is 9.29 Å². The molecule has 7 nitrogen and oxygen atoms in total. The van der Waals surface area contributed by atoms with Crippen molar-refractivity contribution in [2.45, 2.75) is 48.5 Å². The fourth-order valence-electron chi connectivity index (χ4n) is 4.46. The highest BCUT2D eigenvalue weighted by molar-refractivity contribution is 7.91. The molecule has 0 aliphatic carbocycles. The zero-order valence-electron chi connectivity index (χ0n) is 18.2. The van der Waals surface area contributed by atoms with Crippen molar-refractivity contribution in [3.63, 3.8) is 0 Å². The average Bonchev–Trinajstić information content (AvgIpc) is 3.59. The number of halogens is 2. The van der Waals surface area contributed by atoms with Gasteiger partial charge in [-0.3, -0.25) is 9.69 Å². The SMILES string of the molecule is O=C(C1CCCCN1S(=O)(=O)c1cccs1)N(CC1CCCO1)c1nc2c(F)cc(F)cc2s1. The highest BCUT2D eigenvalue weighted by atomic mass is 32.2. The zero-order valence-corrected chi connectivity index (χ0v) is 20.6. The second-order valence-electron chi connectivity index (χ2n) is 8.37. The van der Waals surface area contributed by atoms with Gasteiger partial charge in [0.1, 0.15) is 21.6 Å². The smallest absolute Gasteiger partial charge is 0.253 e. The van der Waals surface area contributed by atoms with Crippen molar-refractivity contribution in [3.05, 3.63) is 41.3 Å². The monoisotopic (exact) mass is 527 g/mol. The third-order valence-corrected chi connectivity index (χ3v) is 10.4. The molecule has 2 fully saturated rings. The van der Waals surface area contributed by atoms with Gasteiger partial charge in [-0.05, 0) is 43.2 Å². The molecule has 2 saturated heterocycles. The Morgan fingerprint density at radius 3 is 2.82 bits per heavy atom. The first-order valence-corrected chi connectivity index (χ1v) is 14.2. The van der Waals surface area contributed by atoms with Crippen molar-refractivity contribution < 1.29 is 26.7 Å². The Bertz CT molecular complexity index is 1290. The van der Waals surface area contributed by atoms with E-state index < -0.39 is 33.6 Å². The van der Waals surface area contributed by atoms with E-state index in [1.807, 2.05) is 0 Å². The van der Waals surface area contributed by atoms with E-state index in [1.54, 1.807) is 11.4 Å². The summed E-state index contributed by atoms with van der Waals surface area (Å²) in [6.07, 6.45) is 3.11. The summed E-state index contributed by atoms with van der Waals surface area (Å²) in [4.78, 5) is 19.6. The van der Waals surface area contributed by atoms with Crippen LogP contribution in [0.4, 0.5) is 13.9 Å². The third-order valence-electron chi connectivity index (χ3n) is 6.11. The van der Waals surface area contributed by atoms with Gasteiger partial charge in [-0.2, -0.15) is 4.31 Å². The van der Waals surface area contributed by atoms with Crippen LogP contribution in [0.5, 0.6) is 0 Å². The molecule has 12 heteroatoms. The molecule has 5 rings (SSSR count). The molecule has 0 saturated carbocycles. The topological polar surface area (TPSA) is 79.8 Å². The number of hydrogen-bond donors (Lipinski definition) is 0. The van der Waals surface area contributed by atoms with Gasteiger partial charge in [-0.1, -0.05) is 23.8 Å². The van der Waals surface area contributed by atoms with Crippen molar-refractivity contribution in [2.24, 2.45) is 0 Å². The molecule has 0 N–H and O–H groups in total. The lowest BCUT2D eigenvalue weighted by Gasteiger charge is -2.36. The summed E-state index contributed by atoms with van der Waals surface area (Å²) >= 11 is 2.12. The van der Waals surface area contributed by atoms with Gasteiger partial charge in [-0.15, -0.1) is 11.3 Å². The number of rotatable bonds is 6. The second kappa shape index (κ2) is 9.57. The zero-order chi connectivity index (χ0) is 23.9. The summed E-state index contributed by atoms with van der Waals surface area (Å²) < 4.78 is 62.3. The van der Waals surface area contributed by atoms with Gasteiger partial charge < -0.3 is 4.74 Å². The molecule has 0 bridgehead atoms. The molecular formula is C22H23F2N3O4S3. The Labute approximate surface area is 204 Å². The summed E-state index contributed by atoms with van der Waals surface area (Å²) in [5, 5.41) is 1.89. The molecule has 2 atom stereocenters. The molecule has 2 unspecified atom stereocenters. The van der Waals surface area contributed by atoms with E-state index in [0.29, 0.717) is 25.9 Å². The van der Waals surface area contributed by atoms with Gasteiger partial charge in [0, 0.05) is 19.2 Å². The van der Waals surface area contributed by atoms with Gasteiger partial charge in [0.15, 0.2) is 10.9 Å². The summed E-state index contributed by atoms with van der Waals surface area (Å²) in [5.74, 6) is -1.95. The molecule has 0 radical (unpaired) electrons. The number of hydrogen-bond acceptors (Lipinski definition) is 7. The van der Waals surface area contributed by atoms with E-state index in [9.17, 15) is 22.0 Å². The summed E-state index contributed by atoms with van der Waals surface area (Å²) in [7, 11) is -3.85. The number of nitrogens with zero attached hydrogens (tertiary/aromatic N) is 3. The number of benzene rings is 1. The Kier molecular flexibility index (Phi) is 6.68. The number of thiazole rings is 1. The standard InChI is InChI=1S/C22H23F2N3O4S3/c23-14-11-16(24)20-18(12-14)33-22(25-20)26(13-15-5-3-9-31-15)21(28)17-6-1-2-8-27(17)34(29,30)19-7-4-10-32-19/h4,7,10-12,15,17H,1-3,5-6,8-9,13H2. The number of carbonyl (C=O) groups excluding carboxylic acids is 1. The fourth-order valence-corrected chi connectivity index (χ4v) is 8.25. The molecule has 34 heavy (non-hydrogen) atoms. The Morgan fingerprint density at radius 2 is 2.09 bits per heavy atom. The first kappa shape index (κ1) is 23.7. The molecule has 1 amide bonds. The van der Waals surface area contributed by atoms with Crippen LogP contribution in [0.2, 0.25) is 0 Å². The maximum atomic E-state index is 14.3. The van der Waals surface area contributed by atoms with Gasteiger partial charge >= 0.3 is 0 Å². The van der Waals surface area contributed by atoms with Crippen molar-refractivity contribution in [1.29, 1.82) is 0 Å². The summed E-state index contributed by atoms with van der Waals surface area (Å²) in [6.45, 7) is 0.991. The number of fused-ring (bicyclic) bond motifs is 1. The molecule has 2 aliphatic rings. The molecule has 3 aromatic rings. The number of sulfonamides is 1. The third kappa shape index (κ3) is 4.49. The van der Waals surface area contributed by atoms with Crippen LogP contribution < -0.4 is 4.90 Å². The lowest BCUT2D eigenvalue weighted by atomic mass is 10.0. The van der Waals surface area contributed by atoms with Gasteiger partial charge in [0.2, 0.25) is 5.91 Å². The number of piperidine rings is 1. The largest absolute Gasteiger partial charge is 0.376 e. The van der Waals surface area contributed by atoms with Crippen LogP contribution in [0.3, 0.4) is 0 Å². The van der Waals surface area contributed by atoms with Crippen LogP contribution in [-0.2, 0) is 19.6 Å². The number of ether oxygens (including phenoxy) is 1. The average molecular weight is 528 g/mol. The quantitative estimate of drug-likeness (QED) is 0.475. The maximum Gasteiger partial charge on any atom is 0.253 e. The van der Waals surface area contributed by atoms with Crippen LogP contribution in [0, 0.1) is 11.6 Å². The van der Waals surface area contributed by atoms with Crippen LogP contribution in [0.15, 0.2) is 33.9 Å².